The summed E-state index contributed by atoms with van der Waals surface area (Å²) in [7, 11) is 0. The molecule has 0 amide bonds. The fourth-order valence-electron chi connectivity index (χ4n) is 15.6. The van der Waals surface area contributed by atoms with E-state index in [0.717, 1.165) is 6.42 Å². The van der Waals surface area contributed by atoms with Gasteiger partial charge in [-0.3, -0.25) is 0 Å². The first-order valence-electron chi connectivity index (χ1n) is 37.8. The Balaban J connectivity index is 0.000000110. The van der Waals surface area contributed by atoms with Crippen LogP contribution in [0, 0.1) is 13.8 Å². The fraction of sp³-hybridized carbons (Fsp3) is 0.105. The molecule has 0 aliphatic heterocycles. The van der Waals surface area contributed by atoms with Crippen LogP contribution in [0.3, 0.4) is 0 Å². The van der Waals surface area contributed by atoms with E-state index in [1.54, 1.807) is 0 Å². The molecule has 512 valence electrons. The van der Waals surface area contributed by atoms with Crippen LogP contribution < -0.4 is 0 Å². The molecule has 0 fully saturated rings. The van der Waals surface area contributed by atoms with Gasteiger partial charge in [0.05, 0.1) is 0 Å². The van der Waals surface area contributed by atoms with Gasteiger partial charge in [0.1, 0.15) is 0 Å². The highest BCUT2D eigenvalue weighted by atomic mass is 14.2. The fourth-order valence-corrected chi connectivity index (χ4v) is 15.6. The summed E-state index contributed by atoms with van der Waals surface area (Å²) >= 11 is 0. The van der Waals surface area contributed by atoms with Gasteiger partial charge in [0.25, 0.3) is 0 Å². The monoisotopic (exact) mass is 1350 g/mol. The van der Waals surface area contributed by atoms with Crippen molar-refractivity contribution in [2.24, 2.45) is 0 Å². The van der Waals surface area contributed by atoms with Crippen molar-refractivity contribution in [3.8, 4) is 55.6 Å². The van der Waals surface area contributed by atoms with Gasteiger partial charge in [0.2, 0.25) is 0 Å². The third-order valence-corrected chi connectivity index (χ3v) is 20.0. The zero-order chi connectivity index (χ0) is 72.8. The molecule has 0 nitrogen and oxygen atoms in total. The van der Waals surface area contributed by atoms with Crippen LogP contribution in [-0.2, 0) is 6.42 Å². The lowest BCUT2D eigenvalue weighted by atomic mass is 9.92. The average Bonchev–Trinajstić information content (AvgIpc) is 1.57. The van der Waals surface area contributed by atoms with Crippen LogP contribution >= 0.6 is 0 Å². The molecular weight excluding hydrogens is 1260 g/mol. The van der Waals surface area contributed by atoms with Gasteiger partial charge < -0.3 is 0 Å². The van der Waals surface area contributed by atoms with Gasteiger partial charge in [-0.1, -0.05) is 413 Å². The molecule has 0 N–H and O–H groups in total. The van der Waals surface area contributed by atoms with E-state index in [0.29, 0.717) is 0 Å². The lowest BCUT2D eigenvalue weighted by molar-refractivity contribution is 1.26. The van der Waals surface area contributed by atoms with Gasteiger partial charge in [0.15, 0.2) is 0 Å². The van der Waals surface area contributed by atoms with Crippen molar-refractivity contribution in [2.45, 2.75) is 75.7 Å². The molecule has 0 saturated carbocycles. The van der Waals surface area contributed by atoms with Crippen molar-refractivity contribution in [2.75, 3.05) is 0 Å². The topological polar surface area (TPSA) is 0 Å². The maximum atomic E-state index is 2.30. The van der Waals surface area contributed by atoms with Crippen molar-refractivity contribution in [1.82, 2.24) is 0 Å². The van der Waals surface area contributed by atoms with Crippen molar-refractivity contribution in [3.63, 3.8) is 0 Å². The van der Waals surface area contributed by atoms with Gasteiger partial charge >= 0.3 is 0 Å². The van der Waals surface area contributed by atoms with Gasteiger partial charge in [-0.15, -0.1) is 0 Å². The summed E-state index contributed by atoms with van der Waals surface area (Å²) < 4.78 is 0. The lowest BCUT2D eigenvalue weighted by Gasteiger charge is -2.11. The normalized spacial score (nSPS) is 10.9. The summed E-state index contributed by atoms with van der Waals surface area (Å²) in [4.78, 5) is 0. The highest BCUT2D eigenvalue weighted by Gasteiger charge is 2.22. The highest BCUT2D eigenvalue weighted by Crippen LogP contribution is 2.48. The smallest absolute Gasteiger partial charge is 0.00135 e. The second-order valence-electron chi connectivity index (χ2n) is 25.8. The van der Waals surface area contributed by atoms with E-state index in [1.165, 1.54) is 186 Å². The maximum Gasteiger partial charge on any atom is -0.00135 e. The van der Waals surface area contributed by atoms with Crippen LogP contribution in [0.2, 0.25) is 0 Å². The molecule has 0 unspecified atom stereocenters. The molecule has 22 rings (SSSR count). The van der Waals surface area contributed by atoms with Gasteiger partial charge in [0, 0.05) is 0 Å². The molecule has 19 aromatic carbocycles. The summed E-state index contributed by atoms with van der Waals surface area (Å²) in [6, 6.07) is 130. The molecule has 0 aromatic heterocycles. The van der Waals surface area contributed by atoms with Crippen molar-refractivity contribution >= 4 is 108 Å². The van der Waals surface area contributed by atoms with Gasteiger partial charge in [-0.05, 0) is 212 Å². The number of benzene rings is 19. The second-order valence-corrected chi connectivity index (χ2v) is 25.8. The first-order valence-corrected chi connectivity index (χ1v) is 37.8. The molecule has 19 aromatic rings. The number of hydrogen-bond donors (Lipinski definition) is 0. The molecule has 0 heterocycles. The molecule has 0 radical (unpaired) electrons. The Morgan fingerprint density at radius 2 is 0.400 bits per heavy atom. The van der Waals surface area contributed by atoms with E-state index in [9.17, 15) is 0 Å². The quantitative estimate of drug-likeness (QED) is 0.105. The predicted octanol–water partition coefficient (Wildman–Crippen LogP) is 31.2. The Morgan fingerprint density at radius 1 is 0.162 bits per heavy atom. The Bertz CT molecular complexity index is 5730. The minimum Gasteiger partial charge on any atom is -0.0683 e. The van der Waals surface area contributed by atoms with Crippen molar-refractivity contribution < 1.29 is 0 Å². The number of aryl methyl sites for hydroxylation is 2. The first kappa shape index (κ1) is 71.2. The molecule has 0 heteroatoms. The van der Waals surface area contributed by atoms with Gasteiger partial charge in [-0.25, -0.2) is 0 Å². The Kier molecular flexibility index (Phi) is 22.6. The van der Waals surface area contributed by atoms with Crippen molar-refractivity contribution in [3.05, 3.63) is 386 Å². The SMILES string of the molecule is CC.CC.CC.CC.Cc1ccc2c3ccccc3c3ccccc3c2c1.Cc1cccc2c3ccccc3c3ccccc3c12.c1ccc2c(c1)-c1cccc3cccc-2c13.c1ccc2c(c1)-c1cccc3cccc-2c13.c1ccc2c(c1)Cc1ccccc1-2.c1ccc2cc3ccccc3cc2c1. The largest absolute Gasteiger partial charge is 0.0683 e. The standard InChI is InChI=1S/2C19H14.2C16H10.C14H10.C13H10.4C2H6/c1-13-7-6-12-18-16-9-3-2-8-14(16)15-10-4-5-11-17(15)19(13)18;1-13-10-11-18-16-8-3-2-6-14(16)15-7-4-5-9-17(15)19(18)12-13;2*1-2-8-13-12(7-1)14-9-3-5-11-6-4-10-15(13)16(11)14;1-2-6-12-10-14-8-4-3-7-13(14)9-11(12)5-1;1-3-7-12-10(5-1)9-11-6-2-4-8-13(11)12;4*1-2/h2*2-12H,1H3;2*1-10H;1-10H;1-8H,9H2;4*1-2H3. The molecule has 105 heavy (non-hydrogen) atoms. The average molecular weight is 1350 g/mol. The van der Waals surface area contributed by atoms with Crippen LogP contribution in [0.5, 0.6) is 0 Å². The van der Waals surface area contributed by atoms with Crippen molar-refractivity contribution in [1.29, 1.82) is 0 Å². The summed E-state index contributed by atoms with van der Waals surface area (Å²) in [5, 5.41) is 27.0. The first-order chi connectivity index (χ1) is 52.0. The van der Waals surface area contributed by atoms with Crippen LogP contribution in [-0.4, -0.2) is 0 Å². The Hall–Kier alpha value is -12.2. The zero-order valence-corrected chi connectivity index (χ0v) is 62.3. The molecular formula is C105H92. The molecule has 3 aliphatic rings. The third kappa shape index (κ3) is 14.1. The van der Waals surface area contributed by atoms with Gasteiger partial charge in [-0.2, -0.15) is 0 Å². The minimum absolute atomic E-state index is 1.10. The molecule has 3 aliphatic carbocycles. The predicted molar refractivity (Wildman–Crippen MR) is 466 cm³/mol. The van der Waals surface area contributed by atoms with E-state index in [-0.39, 0.29) is 0 Å². The summed E-state index contributed by atoms with van der Waals surface area (Å²) in [6.45, 7) is 20.4. The lowest BCUT2D eigenvalue weighted by Crippen LogP contribution is -1.85. The number of rotatable bonds is 0. The summed E-state index contributed by atoms with van der Waals surface area (Å²) in [5.41, 5.74) is 19.4. The Labute approximate surface area is 621 Å². The molecule has 0 saturated heterocycles. The summed E-state index contributed by atoms with van der Waals surface area (Å²) in [6.07, 6.45) is 1.10. The van der Waals surface area contributed by atoms with Crippen LogP contribution in [0.4, 0.5) is 0 Å². The van der Waals surface area contributed by atoms with E-state index in [2.05, 4.69) is 378 Å². The number of hydrogen-bond acceptors (Lipinski definition) is 0. The van der Waals surface area contributed by atoms with Crippen LogP contribution in [0.1, 0.15) is 77.6 Å². The number of fused-ring (bicyclic) bond motifs is 23. The van der Waals surface area contributed by atoms with E-state index in [4.69, 9.17) is 0 Å². The third-order valence-electron chi connectivity index (χ3n) is 20.0. The summed E-state index contributed by atoms with van der Waals surface area (Å²) in [5.74, 6) is 0. The van der Waals surface area contributed by atoms with Crippen LogP contribution in [0.15, 0.2) is 364 Å². The van der Waals surface area contributed by atoms with E-state index in [1.807, 2.05) is 55.4 Å². The van der Waals surface area contributed by atoms with E-state index < -0.39 is 0 Å². The Morgan fingerprint density at radius 3 is 0.752 bits per heavy atom. The molecule has 0 atom stereocenters. The maximum absolute atomic E-state index is 2.30. The zero-order valence-electron chi connectivity index (χ0n) is 62.3. The second kappa shape index (κ2) is 33.3. The van der Waals surface area contributed by atoms with E-state index >= 15 is 0 Å². The molecule has 0 bridgehead atoms. The highest BCUT2D eigenvalue weighted by molar-refractivity contribution is 6.27. The molecule has 0 spiro atoms. The van der Waals surface area contributed by atoms with Crippen LogP contribution in [0.25, 0.3) is 163 Å². The minimum atomic E-state index is 1.10.